The molecule has 4 amide bonds. The molecule has 2 unspecified atom stereocenters. The van der Waals surface area contributed by atoms with Gasteiger partial charge in [-0.2, -0.15) is 0 Å². The van der Waals surface area contributed by atoms with Gasteiger partial charge in [0.05, 0.1) is 31.3 Å². The molecule has 16 nitrogen and oxygen atoms in total. The maximum absolute atomic E-state index is 14.3. The summed E-state index contributed by atoms with van der Waals surface area (Å²) in [4.78, 5) is 73.2. The van der Waals surface area contributed by atoms with Crippen LogP contribution in [0.4, 0.5) is 0 Å². The molecule has 2 heterocycles. The molecule has 59 heavy (non-hydrogen) atoms. The molecule has 2 aliphatic heterocycles. The minimum Gasteiger partial charge on any atom is -0.508 e. The van der Waals surface area contributed by atoms with Gasteiger partial charge in [-0.15, -0.1) is 0 Å². The van der Waals surface area contributed by atoms with E-state index in [2.05, 4.69) is 16.1 Å². The smallest absolute Gasteiger partial charge is 0.325 e. The van der Waals surface area contributed by atoms with Crippen molar-refractivity contribution in [2.75, 3.05) is 20.7 Å². The number of likely N-dealkylation sites (N-methyl/N-ethyl adjacent to an activating group) is 1. The van der Waals surface area contributed by atoms with Crippen molar-refractivity contribution in [2.45, 2.75) is 116 Å². The van der Waals surface area contributed by atoms with Gasteiger partial charge in [0, 0.05) is 38.4 Å². The number of hydrogen-bond acceptors (Lipinski definition) is 12. The number of phenols is 1. The zero-order chi connectivity index (χ0) is 43.8. The fourth-order valence-corrected chi connectivity index (χ4v) is 6.69. The first-order valence-electron chi connectivity index (χ1n) is 20.1. The number of fused-ring (bicyclic) bond motifs is 2. The van der Waals surface area contributed by atoms with E-state index in [9.17, 15) is 44.4 Å². The van der Waals surface area contributed by atoms with Gasteiger partial charge in [0.1, 0.15) is 30.0 Å². The highest BCUT2D eigenvalue weighted by atomic mass is 16.7. The number of rotatable bonds is 10. The number of amides is 4. The summed E-state index contributed by atoms with van der Waals surface area (Å²) in [5.74, 6) is -5.45. The summed E-state index contributed by atoms with van der Waals surface area (Å²) >= 11 is 0. The number of esters is 1. The molecule has 2 bridgehead atoms. The number of ether oxygens (including phenoxy) is 1. The SMILES string of the molecule is CON(C)C(=O)C=CC=C(C)[C@@H]1CC=CC=C[C@H](O)[C@H](C)[C@@H](O)[C@@H](CCC(C)O)C(=O)N[C@@H](C(C)C)C(=O)N[C@@H](Cc2cccc(O)c2)C(=O)N2CCCC(N2)C(=O)O1. The number of allylic oxidation sites excluding steroid dienone is 4. The van der Waals surface area contributed by atoms with Crippen LogP contribution in [0.5, 0.6) is 5.75 Å². The Kier molecular flexibility index (Phi) is 19.4. The predicted octanol–water partition coefficient (Wildman–Crippen LogP) is 2.14. The lowest BCUT2D eigenvalue weighted by molar-refractivity contribution is -0.162. The number of aliphatic hydroxyl groups is 3. The van der Waals surface area contributed by atoms with Gasteiger partial charge < -0.3 is 35.8 Å². The van der Waals surface area contributed by atoms with E-state index >= 15 is 0 Å². The highest BCUT2D eigenvalue weighted by Gasteiger charge is 2.38. The lowest BCUT2D eigenvalue weighted by Gasteiger charge is -2.36. The lowest BCUT2D eigenvalue weighted by Crippen LogP contribution is -2.62. The van der Waals surface area contributed by atoms with Crippen molar-refractivity contribution >= 4 is 29.6 Å². The van der Waals surface area contributed by atoms with Crippen molar-refractivity contribution in [1.82, 2.24) is 26.1 Å². The molecule has 2 aliphatic rings. The first-order valence-corrected chi connectivity index (χ1v) is 20.1. The van der Waals surface area contributed by atoms with Crippen LogP contribution in [0, 0.1) is 17.8 Å². The third-order valence-corrected chi connectivity index (χ3v) is 10.5. The number of hydrogen-bond donors (Lipinski definition) is 7. The summed E-state index contributed by atoms with van der Waals surface area (Å²) in [6, 6.07) is 2.94. The molecule has 1 aromatic rings. The van der Waals surface area contributed by atoms with E-state index in [4.69, 9.17) is 9.57 Å². The average Bonchev–Trinajstić information content (AvgIpc) is 3.20. The van der Waals surface area contributed by atoms with Crippen LogP contribution >= 0.6 is 0 Å². The largest absolute Gasteiger partial charge is 0.508 e. The highest BCUT2D eigenvalue weighted by molar-refractivity contribution is 5.93. The molecule has 7 N–H and O–H groups in total. The molecule has 1 aromatic carbocycles. The van der Waals surface area contributed by atoms with E-state index in [0.717, 1.165) is 5.06 Å². The van der Waals surface area contributed by atoms with Gasteiger partial charge in [0.15, 0.2) is 0 Å². The summed E-state index contributed by atoms with van der Waals surface area (Å²) in [6.07, 6.45) is 7.78. The summed E-state index contributed by atoms with van der Waals surface area (Å²) in [5, 5.41) is 50.7. The third kappa shape index (κ3) is 15.0. The molecular formula is C43H63N5O11. The number of phenolic OH excluding ortho intramolecular Hbond substituents is 1. The first-order chi connectivity index (χ1) is 27.9. The minimum atomic E-state index is -1.38. The number of carbonyl (C=O) groups excluding carboxylic acids is 5. The van der Waals surface area contributed by atoms with Crippen LogP contribution in [0.1, 0.15) is 72.3 Å². The van der Waals surface area contributed by atoms with Crippen LogP contribution in [0.25, 0.3) is 0 Å². The topological polar surface area (TPSA) is 227 Å². The Morgan fingerprint density at radius 2 is 1.83 bits per heavy atom. The molecule has 0 aliphatic carbocycles. The van der Waals surface area contributed by atoms with Gasteiger partial charge in [-0.3, -0.25) is 33.8 Å². The van der Waals surface area contributed by atoms with Crippen LogP contribution in [-0.4, -0.2) is 123 Å². The van der Waals surface area contributed by atoms with Gasteiger partial charge in [0.25, 0.3) is 11.8 Å². The first kappa shape index (κ1) is 48.5. The average molecular weight is 826 g/mol. The summed E-state index contributed by atoms with van der Waals surface area (Å²) in [6.45, 7) is 8.52. The van der Waals surface area contributed by atoms with Crippen molar-refractivity contribution in [3.8, 4) is 5.75 Å². The molecule has 1 saturated heterocycles. The van der Waals surface area contributed by atoms with Crippen molar-refractivity contribution in [3.63, 3.8) is 0 Å². The number of hydrazine groups is 1. The normalized spacial score (nSPS) is 27.7. The van der Waals surface area contributed by atoms with Crippen LogP contribution in [0.15, 0.2) is 72.4 Å². The Labute approximate surface area is 346 Å². The highest BCUT2D eigenvalue weighted by Crippen LogP contribution is 2.24. The lowest BCUT2D eigenvalue weighted by atomic mass is 9.84. The van der Waals surface area contributed by atoms with E-state index in [1.54, 1.807) is 71.1 Å². The monoisotopic (exact) mass is 825 g/mol. The molecule has 0 saturated carbocycles. The number of nitrogens with one attached hydrogen (secondary N) is 3. The van der Waals surface area contributed by atoms with Crippen LogP contribution in [0.2, 0.25) is 0 Å². The maximum Gasteiger partial charge on any atom is 0.325 e. The Morgan fingerprint density at radius 3 is 2.49 bits per heavy atom. The van der Waals surface area contributed by atoms with Gasteiger partial charge in [-0.25, -0.2) is 10.5 Å². The molecule has 0 radical (unpaired) electrons. The second kappa shape index (κ2) is 23.7. The van der Waals surface area contributed by atoms with E-state index in [1.165, 1.54) is 49.5 Å². The Balaban J connectivity index is 2.07. The van der Waals surface area contributed by atoms with Gasteiger partial charge >= 0.3 is 5.97 Å². The molecular weight excluding hydrogens is 762 g/mol. The Hall–Kier alpha value is -4.87. The Bertz CT molecular complexity index is 1710. The second-order valence-electron chi connectivity index (χ2n) is 15.6. The predicted molar refractivity (Wildman–Crippen MR) is 219 cm³/mol. The molecule has 16 heteroatoms. The van der Waals surface area contributed by atoms with Crippen molar-refractivity contribution in [3.05, 3.63) is 77.9 Å². The Morgan fingerprint density at radius 1 is 1.10 bits per heavy atom. The summed E-state index contributed by atoms with van der Waals surface area (Å²) in [5.41, 5.74) is 4.12. The number of aromatic hydroxyl groups is 1. The number of aliphatic hydroxyl groups excluding tert-OH is 3. The molecule has 9 atom stereocenters. The standard InChI is InChI=1S/C43H63N5O11/c1-26(2)38-41(55)44-34(25-30-15-12-16-31(50)24-30)42(56)48-23-13-17-33(46-48)43(57)59-36(27(3)14-11-20-37(52)47(6)58-7)19-10-8-9-18-35(51)29(5)39(53)32(40(54)45-38)22-21-28(4)49/h8-12,14-16,18,20,24,26,28-29,32-36,38-39,46,49-51,53H,13,17,19,21-23,25H2,1-7H3,(H,44,55)(H,45,54)/t28?,29-,32+,33?,34-,35-,36-,38-,39+/m0/s1. The molecule has 0 aromatic heterocycles. The van der Waals surface area contributed by atoms with E-state index < -0.39 is 89.9 Å². The fourth-order valence-electron chi connectivity index (χ4n) is 6.69. The number of carbonyl (C=O) groups is 5. The quantitative estimate of drug-likeness (QED) is 0.0780. The van der Waals surface area contributed by atoms with E-state index in [0.29, 0.717) is 24.0 Å². The zero-order valence-electron chi connectivity index (χ0n) is 35.1. The molecule has 1 fully saturated rings. The van der Waals surface area contributed by atoms with Gasteiger partial charge in [-0.1, -0.05) is 69.4 Å². The van der Waals surface area contributed by atoms with Gasteiger partial charge in [-0.05, 0) is 68.7 Å². The van der Waals surface area contributed by atoms with E-state index in [1.807, 2.05) is 0 Å². The number of cyclic esters (lactones) is 1. The van der Waals surface area contributed by atoms with Crippen molar-refractivity contribution < 1.29 is 54.0 Å². The van der Waals surface area contributed by atoms with Crippen LogP contribution in [-0.2, 0) is 40.0 Å². The fraction of sp³-hybridized carbons (Fsp3) is 0.558. The third-order valence-electron chi connectivity index (χ3n) is 10.5. The van der Waals surface area contributed by atoms with Crippen molar-refractivity contribution in [1.29, 1.82) is 0 Å². The summed E-state index contributed by atoms with van der Waals surface area (Å²) in [7, 11) is 2.82. The number of benzene rings is 1. The van der Waals surface area contributed by atoms with Crippen LogP contribution in [0.3, 0.4) is 0 Å². The molecule has 3 rings (SSSR count). The van der Waals surface area contributed by atoms with Crippen molar-refractivity contribution in [2.24, 2.45) is 17.8 Å². The maximum atomic E-state index is 14.3. The van der Waals surface area contributed by atoms with Gasteiger partial charge in [0.2, 0.25) is 11.8 Å². The number of nitrogens with zero attached hydrogens (tertiary/aromatic N) is 2. The zero-order valence-corrected chi connectivity index (χ0v) is 35.1. The second-order valence-corrected chi connectivity index (χ2v) is 15.6. The minimum absolute atomic E-state index is 0.0410. The summed E-state index contributed by atoms with van der Waals surface area (Å²) < 4.78 is 6.00. The molecule has 0 spiro atoms. The van der Waals surface area contributed by atoms with E-state index in [-0.39, 0.29) is 38.0 Å². The molecule has 326 valence electrons. The van der Waals surface area contributed by atoms with Crippen LogP contribution < -0.4 is 16.1 Å². The number of hydroxylamine groups is 2.